The van der Waals surface area contributed by atoms with Crippen molar-refractivity contribution in [2.45, 2.75) is 0 Å². The van der Waals surface area contributed by atoms with Crippen molar-refractivity contribution in [2.75, 3.05) is 24.0 Å². The number of fused-ring (bicyclic) bond motifs is 1. The van der Waals surface area contributed by atoms with Gasteiger partial charge in [0.15, 0.2) is 0 Å². The predicted octanol–water partition coefficient (Wildman–Crippen LogP) is 5.78. The van der Waals surface area contributed by atoms with E-state index in [2.05, 4.69) is 26.0 Å². The molecule has 4 aromatic rings. The van der Waals surface area contributed by atoms with E-state index in [0.29, 0.717) is 15.6 Å². The van der Waals surface area contributed by atoms with Crippen molar-refractivity contribution in [3.05, 3.63) is 79.6 Å². The highest BCUT2D eigenvalue weighted by Crippen LogP contribution is 2.32. The summed E-state index contributed by atoms with van der Waals surface area (Å²) >= 11 is 5.76. The van der Waals surface area contributed by atoms with E-state index in [4.69, 9.17) is 0 Å². The van der Waals surface area contributed by atoms with Crippen LogP contribution >= 0.6 is 38.6 Å². The van der Waals surface area contributed by atoms with Gasteiger partial charge in [0.1, 0.15) is 0 Å². The van der Waals surface area contributed by atoms with Gasteiger partial charge in [0.05, 0.1) is 26.2 Å². The average Bonchev–Trinajstić information content (AvgIpc) is 3.40. The highest BCUT2D eigenvalue weighted by molar-refractivity contribution is 9.10. The van der Waals surface area contributed by atoms with Gasteiger partial charge in [0, 0.05) is 35.9 Å². The summed E-state index contributed by atoms with van der Waals surface area (Å²) in [7, 11) is 3.85. The zero-order chi connectivity index (χ0) is 22.8. The van der Waals surface area contributed by atoms with Crippen LogP contribution in [0.2, 0.25) is 0 Å². The number of benzene rings is 2. The van der Waals surface area contributed by atoms with Crippen LogP contribution in [0, 0.1) is 10.1 Å². The maximum absolute atomic E-state index is 13.4. The second-order valence-corrected chi connectivity index (χ2v) is 9.86. The Balaban J connectivity index is 1.72. The Hall–Kier alpha value is -3.15. The van der Waals surface area contributed by atoms with E-state index in [1.165, 1.54) is 28.6 Å². The quantitative estimate of drug-likeness (QED) is 0.179. The molecule has 32 heavy (non-hydrogen) atoms. The van der Waals surface area contributed by atoms with Crippen molar-refractivity contribution in [3.63, 3.8) is 0 Å². The van der Waals surface area contributed by atoms with E-state index in [1.54, 1.807) is 18.2 Å². The van der Waals surface area contributed by atoms with E-state index < -0.39 is 4.92 Å². The van der Waals surface area contributed by atoms with Crippen LogP contribution in [0.3, 0.4) is 0 Å². The molecule has 0 spiro atoms. The van der Waals surface area contributed by atoms with Gasteiger partial charge in [-0.25, -0.2) is 4.98 Å². The van der Waals surface area contributed by atoms with E-state index in [9.17, 15) is 14.9 Å². The van der Waals surface area contributed by atoms with Gasteiger partial charge >= 0.3 is 5.00 Å². The fourth-order valence-corrected chi connectivity index (χ4v) is 4.98. The summed E-state index contributed by atoms with van der Waals surface area (Å²) < 4.78 is 1.81. The van der Waals surface area contributed by atoms with Crippen molar-refractivity contribution >= 4 is 76.8 Å². The monoisotopic (exact) mass is 529 g/mol. The maximum atomic E-state index is 13.4. The van der Waals surface area contributed by atoms with Crippen LogP contribution < -0.4 is 9.91 Å². The molecule has 2 heterocycles. The average molecular weight is 530 g/mol. The zero-order valence-corrected chi connectivity index (χ0v) is 20.1. The van der Waals surface area contributed by atoms with Crippen LogP contribution in [0.15, 0.2) is 64.2 Å². The number of nitrogens with zero attached hydrogens (tertiary/aromatic N) is 5. The molecule has 1 amide bonds. The molecule has 11 heteroatoms. The van der Waals surface area contributed by atoms with E-state index in [1.807, 2.05) is 49.3 Å². The topological polar surface area (TPSA) is 91.9 Å². The molecule has 0 saturated heterocycles. The molecular weight excluding hydrogens is 514 g/mol. The van der Waals surface area contributed by atoms with Gasteiger partial charge in [-0.15, -0.1) is 0 Å². The minimum Gasteiger partial charge on any atom is -0.378 e. The number of hydrogen-bond donors (Lipinski definition) is 0. The van der Waals surface area contributed by atoms with Gasteiger partial charge in [-0.3, -0.25) is 14.9 Å². The summed E-state index contributed by atoms with van der Waals surface area (Å²) in [5.74, 6) is -0.351. The Morgan fingerprint density at radius 2 is 1.88 bits per heavy atom. The Labute approximate surface area is 199 Å². The number of hydrazone groups is 1. The van der Waals surface area contributed by atoms with Crippen molar-refractivity contribution in [1.29, 1.82) is 0 Å². The van der Waals surface area contributed by atoms with Crippen molar-refractivity contribution in [3.8, 4) is 0 Å². The van der Waals surface area contributed by atoms with E-state index in [-0.39, 0.29) is 10.9 Å². The molecule has 0 fully saturated rings. The first-order valence-electron chi connectivity index (χ1n) is 9.28. The van der Waals surface area contributed by atoms with Crippen LogP contribution in [0.4, 0.5) is 15.8 Å². The molecule has 2 aromatic heterocycles. The number of hydrogen-bond acceptors (Lipinski definition) is 8. The normalized spacial score (nSPS) is 11.2. The standard InChI is InChI=1S/C21H16BrN5O3S2/c1-25(2)15-6-3-13(4-7-15)20(28)26(23-12-16-8-10-19(31-16)27(29)30)21-24-17-9-5-14(22)11-18(17)32-21/h3-12H,1-2H3/b23-12+. The summed E-state index contributed by atoms with van der Waals surface area (Å²) in [4.78, 5) is 30.9. The maximum Gasteiger partial charge on any atom is 0.324 e. The number of amides is 1. The molecule has 0 N–H and O–H groups in total. The van der Waals surface area contributed by atoms with Crippen LogP contribution in [0.25, 0.3) is 10.2 Å². The second-order valence-electron chi connectivity index (χ2n) is 6.84. The summed E-state index contributed by atoms with van der Waals surface area (Å²) in [6.07, 6.45) is 1.44. The van der Waals surface area contributed by atoms with Crippen molar-refractivity contribution in [2.24, 2.45) is 5.10 Å². The fraction of sp³-hybridized carbons (Fsp3) is 0.0952. The third-order valence-electron chi connectivity index (χ3n) is 4.44. The van der Waals surface area contributed by atoms with E-state index in [0.717, 1.165) is 31.7 Å². The molecule has 0 bridgehead atoms. The van der Waals surface area contributed by atoms with Gasteiger partial charge in [-0.05, 0) is 48.5 Å². The number of rotatable bonds is 6. The molecular formula is C21H16BrN5O3S2. The smallest absolute Gasteiger partial charge is 0.324 e. The molecule has 0 saturated carbocycles. The summed E-state index contributed by atoms with van der Waals surface area (Å²) in [5.41, 5.74) is 2.16. The lowest BCUT2D eigenvalue weighted by Crippen LogP contribution is -2.25. The third-order valence-corrected chi connectivity index (χ3v) is 6.89. The largest absolute Gasteiger partial charge is 0.378 e. The molecule has 0 radical (unpaired) electrons. The van der Waals surface area contributed by atoms with Crippen LogP contribution in [0.1, 0.15) is 15.2 Å². The van der Waals surface area contributed by atoms with Gasteiger partial charge < -0.3 is 4.90 Å². The molecule has 0 aliphatic heterocycles. The number of carbonyl (C=O) groups excluding carboxylic acids is 1. The second kappa shape index (κ2) is 9.15. The molecule has 8 nitrogen and oxygen atoms in total. The number of aromatic nitrogens is 1. The van der Waals surface area contributed by atoms with Gasteiger partial charge in [-0.2, -0.15) is 10.1 Å². The first-order chi connectivity index (χ1) is 15.3. The SMILES string of the molecule is CN(C)c1ccc(C(=O)N(/N=C/c2ccc([N+](=O)[O-])s2)c2nc3ccc(Br)cc3s2)cc1. The van der Waals surface area contributed by atoms with Crippen molar-refractivity contribution < 1.29 is 9.72 Å². The molecule has 0 unspecified atom stereocenters. The Bertz CT molecular complexity index is 1330. The number of thiophene rings is 1. The van der Waals surface area contributed by atoms with E-state index >= 15 is 0 Å². The lowest BCUT2D eigenvalue weighted by molar-refractivity contribution is -0.380. The van der Waals surface area contributed by atoms with Crippen molar-refractivity contribution in [1.82, 2.24) is 4.98 Å². The van der Waals surface area contributed by atoms with Crippen LogP contribution in [-0.2, 0) is 0 Å². The summed E-state index contributed by atoms with van der Waals surface area (Å²) in [6, 6.07) is 15.9. The van der Waals surface area contributed by atoms with Gasteiger partial charge in [0.2, 0.25) is 5.13 Å². The predicted molar refractivity (Wildman–Crippen MR) is 133 cm³/mol. The number of halogens is 1. The molecule has 2 aromatic carbocycles. The highest BCUT2D eigenvalue weighted by Gasteiger charge is 2.21. The molecule has 0 atom stereocenters. The lowest BCUT2D eigenvalue weighted by Gasteiger charge is -2.15. The number of carbonyl (C=O) groups is 1. The minimum absolute atomic E-state index is 0.00781. The Morgan fingerprint density at radius 1 is 1.12 bits per heavy atom. The fourth-order valence-electron chi connectivity index (χ4n) is 2.81. The molecule has 0 aliphatic carbocycles. The highest BCUT2D eigenvalue weighted by atomic mass is 79.9. The summed E-state index contributed by atoms with van der Waals surface area (Å²) in [5, 5.41) is 17.0. The molecule has 0 aliphatic rings. The van der Waals surface area contributed by atoms with Crippen LogP contribution in [-0.4, -0.2) is 36.1 Å². The zero-order valence-electron chi connectivity index (χ0n) is 16.9. The minimum atomic E-state index is -0.456. The number of nitro groups is 1. The molecule has 162 valence electrons. The molecule has 4 rings (SSSR count). The third kappa shape index (κ3) is 4.69. The lowest BCUT2D eigenvalue weighted by atomic mass is 10.2. The number of thiazole rings is 1. The summed E-state index contributed by atoms with van der Waals surface area (Å²) in [6.45, 7) is 0. The first-order valence-corrected chi connectivity index (χ1v) is 11.7. The van der Waals surface area contributed by atoms with Gasteiger partial charge in [-0.1, -0.05) is 38.6 Å². The Kier molecular flexibility index (Phi) is 6.31. The van der Waals surface area contributed by atoms with Gasteiger partial charge in [0.25, 0.3) is 5.91 Å². The first kappa shape index (κ1) is 22.1. The number of anilines is 2. The van der Waals surface area contributed by atoms with Crippen LogP contribution in [0.5, 0.6) is 0 Å². The Morgan fingerprint density at radius 3 is 2.53 bits per heavy atom.